The van der Waals surface area contributed by atoms with Crippen molar-refractivity contribution in [3.05, 3.63) is 0 Å². The normalized spacial score (nSPS) is 29.4. The van der Waals surface area contributed by atoms with Gasteiger partial charge in [-0.2, -0.15) is 0 Å². The molecule has 1 unspecified atom stereocenters. The molecule has 3 aliphatic rings. The van der Waals surface area contributed by atoms with E-state index in [1.807, 2.05) is 4.90 Å². The van der Waals surface area contributed by atoms with Gasteiger partial charge < -0.3 is 10.2 Å². The second-order valence-electron chi connectivity index (χ2n) is 6.38. The zero-order valence-electron chi connectivity index (χ0n) is 11.6. The van der Waals surface area contributed by atoms with E-state index in [-0.39, 0.29) is 17.7 Å². The predicted octanol–water partition coefficient (Wildman–Crippen LogP) is 1.84. The number of amides is 2. The Hall–Kier alpha value is -1.06. The Labute approximate surface area is 114 Å². The summed E-state index contributed by atoms with van der Waals surface area (Å²) in [7, 11) is 0. The molecule has 0 radical (unpaired) electrons. The van der Waals surface area contributed by atoms with Crippen molar-refractivity contribution < 1.29 is 9.59 Å². The highest BCUT2D eigenvalue weighted by Crippen LogP contribution is 2.29. The number of hydrogen-bond acceptors (Lipinski definition) is 2. The Bertz CT molecular complexity index is 357. The van der Waals surface area contributed by atoms with E-state index in [2.05, 4.69) is 5.32 Å². The molecule has 2 saturated carbocycles. The Morgan fingerprint density at radius 3 is 2.37 bits per heavy atom. The van der Waals surface area contributed by atoms with E-state index in [1.165, 1.54) is 25.7 Å². The van der Waals surface area contributed by atoms with E-state index in [0.29, 0.717) is 25.0 Å². The zero-order valence-corrected chi connectivity index (χ0v) is 11.6. The highest BCUT2D eigenvalue weighted by molar-refractivity contribution is 5.89. The summed E-state index contributed by atoms with van der Waals surface area (Å²) in [4.78, 5) is 26.3. The number of nitrogens with one attached hydrogen (secondary N) is 1. The fourth-order valence-electron chi connectivity index (χ4n) is 3.87. The third kappa shape index (κ3) is 2.77. The topological polar surface area (TPSA) is 49.4 Å². The van der Waals surface area contributed by atoms with Crippen LogP contribution in [0.3, 0.4) is 0 Å². The van der Waals surface area contributed by atoms with Gasteiger partial charge in [-0.25, -0.2) is 0 Å². The summed E-state index contributed by atoms with van der Waals surface area (Å²) in [5.74, 6) is 0.202. The van der Waals surface area contributed by atoms with Gasteiger partial charge in [0, 0.05) is 25.0 Å². The van der Waals surface area contributed by atoms with Crippen LogP contribution in [0.2, 0.25) is 0 Å². The second-order valence-corrected chi connectivity index (χ2v) is 6.38. The monoisotopic (exact) mass is 264 g/mol. The van der Waals surface area contributed by atoms with Crippen LogP contribution in [0.15, 0.2) is 0 Å². The van der Waals surface area contributed by atoms with Gasteiger partial charge in [0.1, 0.15) is 0 Å². The van der Waals surface area contributed by atoms with Crippen LogP contribution in [-0.4, -0.2) is 35.3 Å². The minimum absolute atomic E-state index is 0.103. The minimum atomic E-state index is -0.103. The van der Waals surface area contributed by atoms with E-state index in [4.69, 9.17) is 0 Å². The summed E-state index contributed by atoms with van der Waals surface area (Å²) in [6, 6.07) is 0.778. The molecule has 106 valence electrons. The molecular weight excluding hydrogens is 240 g/mol. The molecular formula is C15H24N2O2. The molecule has 19 heavy (non-hydrogen) atoms. The molecule has 0 aromatic heterocycles. The Morgan fingerprint density at radius 2 is 1.68 bits per heavy atom. The molecule has 2 amide bonds. The van der Waals surface area contributed by atoms with Gasteiger partial charge in [-0.3, -0.25) is 9.59 Å². The molecule has 1 atom stereocenters. The number of carbonyl (C=O) groups is 2. The maximum Gasteiger partial charge on any atom is 0.225 e. The van der Waals surface area contributed by atoms with Gasteiger partial charge in [0.15, 0.2) is 0 Å². The third-order valence-corrected chi connectivity index (χ3v) is 5.00. The second kappa shape index (κ2) is 5.51. The average molecular weight is 264 g/mol. The fourth-order valence-corrected chi connectivity index (χ4v) is 3.87. The average Bonchev–Trinajstić information content (AvgIpc) is 3.07. The van der Waals surface area contributed by atoms with E-state index in [9.17, 15) is 9.59 Å². The van der Waals surface area contributed by atoms with Crippen molar-refractivity contribution >= 4 is 11.8 Å². The summed E-state index contributed by atoms with van der Waals surface area (Å²) >= 11 is 0. The summed E-state index contributed by atoms with van der Waals surface area (Å²) < 4.78 is 0. The van der Waals surface area contributed by atoms with Crippen molar-refractivity contribution in [1.82, 2.24) is 10.2 Å². The predicted molar refractivity (Wildman–Crippen MR) is 72.5 cm³/mol. The number of rotatable bonds is 3. The van der Waals surface area contributed by atoms with Crippen LogP contribution in [0, 0.1) is 5.92 Å². The van der Waals surface area contributed by atoms with Crippen molar-refractivity contribution in [3.8, 4) is 0 Å². The van der Waals surface area contributed by atoms with Crippen molar-refractivity contribution in [2.75, 3.05) is 6.54 Å². The highest BCUT2D eigenvalue weighted by atomic mass is 16.2. The lowest BCUT2D eigenvalue weighted by Crippen LogP contribution is -2.39. The van der Waals surface area contributed by atoms with Crippen molar-refractivity contribution in [3.63, 3.8) is 0 Å². The van der Waals surface area contributed by atoms with Gasteiger partial charge in [0.2, 0.25) is 11.8 Å². The first-order valence-corrected chi connectivity index (χ1v) is 7.84. The smallest absolute Gasteiger partial charge is 0.225 e. The molecule has 4 heteroatoms. The van der Waals surface area contributed by atoms with Crippen LogP contribution < -0.4 is 5.32 Å². The number of nitrogens with zero attached hydrogens (tertiary/aromatic N) is 1. The largest absolute Gasteiger partial charge is 0.353 e. The summed E-state index contributed by atoms with van der Waals surface area (Å²) in [5.41, 5.74) is 0. The van der Waals surface area contributed by atoms with Gasteiger partial charge in [0.05, 0.1) is 5.92 Å². The molecule has 0 spiro atoms. The summed E-state index contributed by atoms with van der Waals surface area (Å²) in [6.45, 7) is 0.655. The maximum absolute atomic E-state index is 12.2. The molecule has 3 rings (SSSR count). The van der Waals surface area contributed by atoms with Crippen LogP contribution in [0.4, 0.5) is 0 Å². The number of carbonyl (C=O) groups excluding carboxylic acids is 2. The molecule has 0 bridgehead atoms. The number of likely N-dealkylation sites (tertiary alicyclic amines) is 1. The maximum atomic E-state index is 12.2. The SMILES string of the molecule is O=C(NC1CCCC1)C1CC(=O)N(C2CCCC2)C1. The van der Waals surface area contributed by atoms with Gasteiger partial charge in [-0.15, -0.1) is 0 Å². The lowest BCUT2D eigenvalue weighted by molar-refractivity contribution is -0.130. The Morgan fingerprint density at radius 1 is 1.05 bits per heavy atom. The van der Waals surface area contributed by atoms with Crippen LogP contribution in [0.25, 0.3) is 0 Å². The quantitative estimate of drug-likeness (QED) is 0.845. The van der Waals surface area contributed by atoms with Crippen molar-refractivity contribution in [2.45, 2.75) is 69.9 Å². The van der Waals surface area contributed by atoms with Gasteiger partial charge in [-0.1, -0.05) is 25.7 Å². The van der Waals surface area contributed by atoms with Crippen LogP contribution in [0.5, 0.6) is 0 Å². The molecule has 1 heterocycles. The zero-order chi connectivity index (χ0) is 13.2. The first-order valence-electron chi connectivity index (χ1n) is 7.84. The lowest BCUT2D eigenvalue weighted by Gasteiger charge is -2.24. The van der Waals surface area contributed by atoms with Crippen LogP contribution in [-0.2, 0) is 9.59 Å². The summed E-state index contributed by atoms with van der Waals surface area (Å²) in [6.07, 6.45) is 9.81. The van der Waals surface area contributed by atoms with E-state index >= 15 is 0 Å². The molecule has 4 nitrogen and oxygen atoms in total. The molecule has 2 aliphatic carbocycles. The van der Waals surface area contributed by atoms with E-state index in [0.717, 1.165) is 25.7 Å². The minimum Gasteiger partial charge on any atom is -0.353 e. The Balaban J connectivity index is 1.54. The van der Waals surface area contributed by atoms with Gasteiger partial charge in [-0.05, 0) is 25.7 Å². The molecule has 0 aromatic rings. The van der Waals surface area contributed by atoms with Crippen molar-refractivity contribution in [1.29, 1.82) is 0 Å². The van der Waals surface area contributed by atoms with Gasteiger partial charge in [0.25, 0.3) is 0 Å². The first-order chi connectivity index (χ1) is 9.24. The molecule has 1 saturated heterocycles. The highest BCUT2D eigenvalue weighted by Gasteiger charge is 2.39. The van der Waals surface area contributed by atoms with E-state index < -0.39 is 0 Å². The van der Waals surface area contributed by atoms with Crippen molar-refractivity contribution in [2.24, 2.45) is 5.92 Å². The summed E-state index contributed by atoms with van der Waals surface area (Å²) in [5, 5.41) is 3.13. The number of hydrogen-bond donors (Lipinski definition) is 1. The third-order valence-electron chi connectivity index (χ3n) is 5.00. The lowest BCUT2D eigenvalue weighted by atomic mass is 10.1. The Kier molecular flexibility index (Phi) is 3.76. The van der Waals surface area contributed by atoms with E-state index in [1.54, 1.807) is 0 Å². The molecule has 1 N–H and O–H groups in total. The van der Waals surface area contributed by atoms with Gasteiger partial charge >= 0.3 is 0 Å². The molecule has 3 fully saturated rings. The molecule has 1 aliphatic heterocycles. The molecule has 0 aromatic carbocycles. The van der Waals surface area contributed by atoms with Crippen LogP contribution in [0.1, 0.15) is 57.8 Å². The van der Waals surface area contributed by atoms with Crippen LogP contribution >= 0.6 is 0 Å². The first kappa shape index (κ1) is 12.9. The standard InChI is InChI=1S/C15H24N2O2/c18-14-9-11(10-17(14)13-7-3-4-8-13)15(19)16-12-5-1-2-6-12/h11-13H,1-10H2,(H,16,19). The fraction of sp³-hybridized carbons (Fsp3) is 0.867.